The molecule has 2 bridgehead atoms. The van der Waals surface area contributed by atoms with Crippen LogP contribution in [0.5, 0.6) is 0 Å². The fourth-order valence-electron chi connectivity index (χ4n) is 4.26. The lowest BCUT2D eigenvalue weighted by Gasteiger charge is -2.36. The predicted molar refractivity (Wildman–Crippen MR) is 81.0 cm³/mol. The van der Waals surface area contributed by atoms with Gasteiger partial charge in [0.2, 0.25) is 0 Å². The number of hydrogen-bond donors (Lipinski definition) is 1. The number of rotatable bonds is 5. The molecule has 1 N–H and O–H groups in total. The van der Waals surface area contributed by atoms with Crippen molar-refractivity contribution in [3.05, 3.63) is 12.2 Å². The van der Waals surface area contributed by atoms with Crippen molar-refractivity contribution < 1.29 is 0 Å². The first-order valence-electron chi connectivity index (χ1n) is 7.75. The summed E-state index contributed by atoms with van der Waals surface area (Å²) in [6.45, 7) is 2.50. The van der Waals surface area contributed by atoms with Crippen LogP contribution < -0.4 is 5.32 Å². The first-order valence-corrected chi connectivity index (χ1v) is 8.98. The van der Waals surface area contributed by atoms with Gasteiger partial charge in [-0.25, -0.2) is 0 Å². The van der Waals surface area contributed by atoms with E-state index in [0.717, 1.165) is 17.8 Å². The van der Waals surface area contributed by atoms with E-state index >= 15 is 0 Å². The van der Waals surface area contributed by atoms with Crippen LogP contribution >= 0.6 is 11.8 Å². The molecule has 2 heteroatoms. The zero-order chi connectivity index (χ0) is 12.4. The molecular weight excluding hydrogens is 238 g/mol. The molecule has 102 valence electrons. The van der Waals surface area contributed by atoms with Crippen molar-refractivity contribution in [2.24, 2.45) is 17.8 Å². The fourth-order valence-corrected chi connectivity index (χ4v) is 5.21. The Balaban J connectivity index is 1.44. The zero-order valence-electron chi connectivity index (χ0n) is 11.7. The van der Waals surface area contributed by atoms with Gasteiger partial charge in [-0.05, 0) is 56.2 Å². The topological polar surface area (TPSA) is 12.0 Å². The Hall–Kier alpha value is 0.0500. The number of hydrogen-bond acceptors (Lipinski definition) is 2. The third kappa shape index (κ3) is 2.65. The molecule has 0 aromatic carbocycles. The monoisotopic (exact) mass is 265 g/mol. The highest BCUT2D eigenvalue weighted by Gasteiger charge is 2.36. The SMILES string of the molecule is CSC1(CNCC2CC3C=CC2C3)CCCCC1. The molecule has 0 saturated heterocycles. The molecule has 0 heterocycles. The number of thioether (sulfide) groups is 1. The van der Waals surface area contributed by atoms with Crippen molar-refractivity contribution in [1.82, 2.24) is 5.32 Å². The van der Waals surface area contributed by atoms with E-state index < -0.39 is 0 Å². The molecule has 2 fully saturated rings. The quantitative estimate of drug-likeness (QED) is 0.758. The molecule has 3 unspecified atom stereocenters. The molecule has 1 nitrogen and oxygen atoms in total. The van der Waals surface area contributed by atoms with E-state index in [-0.39, 0.29) is 0 Å². The van der Waals surface area contributed by atoms with Gasteiger partial charge in [0, 0.05) is 11.3 Å². The Morgan fingerprint density at radius 1 is 1.17 bits per heavy atom. The van der Waals surface area contributed by atoms with Gasteiger partial charge in [0.25, 0.3) is 0 Å². The van der Waals surface area contributed by atoms with Crippen LogP contribution in [0.4, 0.5) is 0 Å². The Kier molecular flexibility index (Phi) is 4.05. The minimum atomic E-state index is 0.561. The summed E-state index contributed by atoms with van der Waals surface area (Å²) >= 11 is 2.11. The summed E-state index contributed by atoms with van der Waals surface area (Å²) in [5.41, 5.74) is 0. The molecule has 0 aliphatic heterocycles. The van der Waals surface area contributed by atoms with E-state index in [1.165, 1.54) is 58.0 Å². The first kappa shape index (κ1) is 13.1. The van der Waals surface area contributed by atoms with Gasteiger partial charge in [0.1, 0.15) is 0 Å². The molecule has 3 aliphatic rings. The van der Waals surface area contributed by atoms with Gasteiger partial charge >= 0.3 is 0 Å². The standard InChI is InChI=1S/C16H27NS/c1-18-16(7-3-2-4-8-16)12-17-11-15-10-13-5-6-14(15)9-13/h5-6,13-15,17H,2-4,7-12H2,1H3. The minimum absolute atomic E-state index is 0.561. The Morgan fingerprint density at radius 3 is 2.61 bits per heavy atom. The zero-order valence-corrected chi connectivity index (χ0v) is 12.5. The van der Waals surface area contributed by atoms with Gasteiger partial charge in [0.15, 0.2) is 0 Å². The van der Waals surface area contributed by atoms with Gasteiger partial charge in [-0.1, -0.05) is 31.4 Å². The van der Waals surface area contributed by atoms with Crippen molar-refractivity contribution in [2.75, 3.05) is 19.3 Å². The summed E-state index contributed by atoms with van der Waals surface area (Å²) < 4.78 is 0.561. The van der Waals surface area contributed by atoms with E-state index in [2.05, 4.69) is 35.5 Å². The molecule has 2 saturated carbocycles. The number of allylic oxidation sites excluding steroid dienone is 2. The summed E-state index contributed by atoms with van der Waals surface area (Å²) in [4.78, 5) is 0. The largest absolute Gasteiger partial charge is 0.315 e. The summed E-state index contributed by atoms with van der Waals surface area (Å²) in [7, 11) is 0. The highest BCUT2D eigenvalue weighted by Crippen LogP contribution is 2.43. The van der Waals surface area contributed by atoms with Crippen molar-refractivity contribution in [1.29, 1.82) is 0 Å². The maximum atomic E-state index is 3.82. The van der Waals surface area contributed by atoms with E-state index in [1.807, 2.05) is 0 Å². The fraction of sp³-hybridized carbons (Fsp3) is 0.875. The first-order chi connectivity index (χ1) is 8.81. The van der Waals surface area contributed by atoms with Gasteiger partial charge in [-0.15, -0.1) is 0 Å². The molecule has 0 radical (unpaired) electrons. The summed E-state index contributed by atoms with van der Waals surface area (Å²) in [6.07, 6.45) is 17.3. The Bertz CT molecular complexity index is 306. The van der Waals surface area contributed by atoms with Crippen molar-refractivity contribution in [2.45, 2.75) is 49.7 Å². The highest BCUT2D eigenvalue weighted by atomic mass is 32.2. The second kappa shape index (κ2) is 5.58. The summed E-state index contributed by atoms with van der Waals surface area (Å²) in [5, 5.41) is 3.82. The summed E-state index contributed by atoms with van der Waals surface area (Å²) in [5.74, 6) is 2.76. The normalized spacial score (nSPS) is 37.3. The molecule has 3 rings (SSSR count). The average molecular weight is 265 g/mol. The van der Waals surface area contributed by atoms with Crippen LogP contribution in [0.15, 0.2) is 12.2 Å². The lowest BCUT2D eigenvalue weighted by molar-refractivity contribution is 0.352. The highest BCUT2D eigenvalue weighted by molar-refractivity contribution is 8.00. The van der Waals surface area contributed by atoms with Gasteiger partial charge < -0.3 is 5.32 Å². The van der Waals surface area contributed by atoms with Crippen molar-refractivity contribution >= 4 is 11.8 Å². The molecular formula is C16H27NS. The minimum Gasteiger partial charge on any atom is -0.315 e. The van der Waals surface area contributed by atoms with Gasteiger partial charge in [-0.3, -0.25) is 0 Å². The smallest absolute Gasteiger partial charge is 0.0281 e. The third-order valence-electron chi connectivity index (χ3n) is 5.47. The van der Waals surface area contributed by atoms with Crippen LogP contribution in [-0.4, -0.2) is 24.1 Å². The maximum absolute atomic E-state index is 3.82. The molecule has 3 aliphatic carbocycles. The van der Waals surface area contributed by atoms with Crippen LogP contribution in [0.25, 0.3) is 0 Å². The van der Waals surface area contributed by atoms with Gasteiger partial charge in [0.05, 0.1) is 0 Å². The van der Waals surface area contributed by atoms with Crippen molar-refractivity contribution in [3.63, 3.8) is 0 Å². The molecule has 18 heavy (non-hydrogen) atoms. The Labute approximate surface area is 116 Å². The Morgan fingerprint density at radius 2 is 2.00 bits per heavy atom. The molecule has 0 aromatic heterocycles. The molecule has 3 atom stereocenters. The predicted octanol–water partition coefficient (Wildman–Crippen LogP) is 3.85. The van der Waals surface area contributed by atoms with Crippen LogP contribution in [0.1, 0.15) is 44.9 Å². The van der Waals surface area contributed by atoms with Crippen LogP contribution in [0, 0.1) is 17.8 Å². The van der Waals surface area contributed by atoms with E-state index in [9.17, 15) is 0 Å². The van der Waals surface area contributed by atoms with E-state index in [4.69, 9.17) is 0 Å². The average Bonchev–Trinajstić information content (AvgIpc) is 3.02. The third-order valence-corrected chi connectivity index (χ3v) is 6.89. The number of nitrogens with one attached hydrogen (secondary N) is 1. The van der Waals surface area contributed by atoms with Crippen LogP contribution in [0.3, 0.4) is 0 Å². The van der Waals surface area contributed by atoms with E-state index in [1.54, 1.807) is 0 Å². The second-order valence-corrected chi connectivity index (χ2v) is 7.89. The molecule has 0 amide bonds. The van der Waals surface area contributed by atoms with Crippen LogP contribution in [-0.2, 0) is 0 Å². The van der Waals surface area contributed by atoms with E-state index in [0.29, 0.717) is 4.75 Å². The summed E-state index contributed by atoms with van der Waals surface area (Å²) in [6, 6.07) is 0. The lowest BCUT2D eigenvalue weighted by atomic mass is 9.87. The number of fused-ring (bicyclic) bond motifs is 2. The van der Waals surface area contributed by atoms with Gasteiger partial charge in [-0.2, -0.15) is 11.8 Å². The molecule has 0 spiro atoms. The van der Waals surface area contributed by atoms with Crippen LogP contribution in [0.2, 0.25) is 0 Å². The molecule has 0 aromatic rings. The van der Waals surface area contributed by atoms with Crippen molar-refractivity contribution in [3.8, 4) is 0 Å². The lowest BCUT2D eigenvalue weighted by Crippen LogP contribution is -2.41. The second-order valence-electron chi connectivity index (χ2n) is 6.62. The maximum Gasteiger partial charge on any atom is 0.0281 e.